The van der Waals surface area contributed by atoms with Crippen LogP contribution in [0.2, 0.25) is 0 Å². The Bertz CT molecular complexity index is 408. The van der Waals surface area contributed by atoms with Crippen LogP contribution in [0.3, 0.4) is 0 Å². The molecule has 0 saturated carbocycles. The highest BCUT2D eigenvalue weighted by molar-refractivity contribution is 5.94. The van der Waals surface area contributed by atoms with Crippen LogP contribution < -0.4 is 11.1 Å². The van der Waals surface area contributed by atoms with E-state index in [1.54, 1.807) is 12.1 Å². The zero-order chi connectivity index (χ0) is 14.1. The lowest BCUT2D eigenvalue weighted by Crippen LogP contribution is -2.25. The molecule has 5 nitrogen and oxygen atoms in total. The van der Waals surface area contributed by atoms with Gasteiger partial charge in [0, 0.05) is 31.0 Å². The minimum atomic E-state index is -0.112. The van der Waals surface area contributed by atoms with E-state index in [1.165, 1.54) is 0 Å². The van der Waals surface area contributed by atoms with Crippen molar-refractivity contribution < 1.29 is 9.53 Å². The molecule has 0 fully saturated rings. The highest BCUT2D eigenvalue weighted by Crippen LogP contribution is 2.08. The van der Waals surface area contributed by atoms with Crippen molar-refractivity contribution in [2.45, 2.75) is 33.1 Å². The summed E-state index contributed by atoms with van der Waals surface area (Å²) in [6.07, 6.45) is 2.59. The molecule has 3 N–H and O–H groups in total. The van der Waals surface area contributed by atoms with Gasteiger partial charge in [-0.1, -0.05) is 13.8 Å². The SMILES string of the molecule is CCCOCCCNC(=O)c1cc(N)nc(CC)c1. The standard InChI is InChI=1S/C14H23N3O2/c1-3-7-19-8-5-6-16-14(18)11-9-12(4-2)17-13(15)10-11/h9-10H,3-8H2,1-2H3,(H2,15,17)(H,16,18). The topological polar surface area (TPSA) is 77.2 Å². The lowest BCUT2D eigenvalue weighted by Gasteiger charge is -2.07. The predicted molar refractivity (Wildman–Crippen MR) is 76.1 cm³/mol. The molecule has 19 heavy (non-hydrogen) atoms. The molecule has 1 aromatic heterocycles. The van der Waals surface area contributed by atoms with E-state index in [0.717, 1.165) is 31.6 Å². The summed E-state index contributed by atoms with van der Waals surface area (Å²) in [6.45, 7) is 6.10. The van der Waals surface area contributed by atoms with E-state index >= 15 is 0 Å². The van der Waals surface area contributed by atoms with E-state index in [4.69, 9.17) is 10.5 Å². The van der Waals surface area contributed by atoms with Crippen LogP contribution in [-0.2, 0) is 11.2 Å². The monoisotopic (exact) mass is 265 g/mol. The molecule has 1 aromatic rings. The van der Waals surface area contributed by atoms with Gasteiger partial charge in [-0.15, -0.1) is 0 Å². The molecule has 0 spiro atoms. The van der Waals surface area contributed by atoms with Gasteiger partial charge in [-0.25, -0.2) is 4.98 Å². The van der Waals surface area contributed by atoms with Crippen LogP contribution >= 0.6 is 0 Å². The fourth-order valence-corrected chi connectivity index (χ4v) is 1.65. The van der Waals surface area contributed by atoms with E-state index in [-0.39, 0.29) is 5.91 Å². The van der Waals surface area contributed by atoms with Crippen LogP contribution in [-0.4, -0.2) is 30.6 Å². The van der Waals surface area contributed by atoms with Crippen molar-refractivity contribution in [3.05, 3.63) is 23.4 Å². The van der Waals surface area contributed by atoms with Crippen LogP contribution in [0.4, 0.5) is 5.82 Å². The van der Waals surface area contributed by atoms with E-state index in [2.05, 4.69) is 17.2 Å². The summed E-state index contributed by atoms with van der Waals surface area (Å²) in [7, 11) is 0. The lowest BCUT2D eigenvalue weighted by molar-refractivity contribution is 0.0941. The van der Waals surface area contributed by atoms with Crippen molar-refractivity contribution in [2.75, 3.05) is 25.5 Å². The third kappa shape index (κ3) is 5.70. The molecule has 5 heteroatoms. The number of hydrogen-bond donors (Lipinski definition) is 2. The second-order valence-electron chi connectivity index (χ2n) is 4.35. The number of amides is 1. The van der Waals surface area contributed by atoms with Gasteiger partial charge in [0.1, 0.15) is 5.82 Å². The number of aryl methyl sites for hydroxylation is 1. The average Bonchev–Trinajstić information content (AvgIpc) is 2.41. The summed E-state index contributed by atoms with van der Waals surface area (Å²) in [5, 5.41) is 2.85. The highest BCUT2D eigenvalue weighted by atomic mass is 16.5. The number of carbonyl (C=O) groups excluding carboxylic acids is 1. The van der Waals surface area contributed by atoms with Crippen molar-refractivity contribution in [2.24, 2.45) is 0 Å². The number of carbonyl (C=O) groups is 1. The Morgan fingerprint density at radius 1 is 1.37 bits per heavy atom. The first-order valence-electron chi connectivity index (χ1n) is 6.79. The summed E-state index contributed by atoms with van der Waals surface area (Å²) in [5.41, 5.74) is 7.07. The number of aromatic nitrogens is 1. The Hall–Kier alpha value is -1.62. The molecule has 0 aliphatic carbocycles. The molecule has 1 rings (SSSR count). The number of hydrogen-bond acceptors (Lipinski definition) is 4. The second kappa shape index (κ2) is 8.48. The van der Waals surface area contributed by atoms with Gasteiger partial charge in [0.15, 0.2) is 0 Å². The molecular weight excluding hydrogens is 242 g/mol. The number of nitrogens with zero attached hydrogens (tertiary/aromatic N) is 1. The average molecular weight is 265 g/mol. The van der Waals surface area contributed by atoms with E-state index in [9.17, 15) is 4.79 Å². The maximum Gasteiger partial charge on any atom is 0.251 e. The van der Waals surface area contributed by atoms with Gasteiger partial charge in [-0.05, 0) is 31.4 Å². The second-order valence-corrected chi connectivity index (χ2v) is 4.35. The summed E-state index contributed by atoms with van der Waals surface area (Å²) >= 11 is 0. The van der Waals surface area contributed by atoms with Gasteiger partial charge >= 0.3 is 0 Å². The lowest BCUT2D eigenvalue weighted by atomic mass is 10.2. The third-order valence-corrected chi connectivity index (χ3v) is 2.62. The van der Waals surface area contributed by atoms with Gasteiger partial charge < -0.3 is 15.8 Å². The first-order valence-corrected chi connectivity index (χ1v) is 6.79. The summed E-state index contributed by atoms with van der Waals surface area (Å²) in [5.74, 6) is 0.273. The number of anilines is 1. The number of ether oxygens (including phenoxy) is 1. The first-order chi connectivity index (χ1) is 9.17. The predicted octanol–water partition coefficient (Wildman–Crippen LogP) is 1.77. The van der Waals surface area contributed by atoms with Crippen LogP contribution in [0.1, 0.15) is 42.7 Å². The van der Waals surface area contributed by atoms with Gasteiger partial charge in [0.25, 0.3) is 5.91 Å². The van der Waals surface area contributed by atoms with Gasteiger partial charge in [-0.3, -0.25) is 4.79 Å². The number of nitrogens with two attached hydrogens (primary N) is 1. The normalized spacial score (nSPS) is 10.4. The Balaban J connectivity index is 2.39. The number of nitrogens with one attached hydrogen (secondary N) is 1. The fraction of sp³-hybridized carbons (Fsp3) is 0.571. The van der Waals surface area contributed by atoms with E-state index in [0.29, 0.717) is 24.5 Å². The molecule has 0 bridgehead atoms. The van der Waals surface area contributed by atoms with E-state index < -0.39 is 0 Å². The molecule has 0 aromatic carbocycles. The molecule has 1 heterocycles. The fourth-order valence-electron chi connectivity index (χ4n) is 1.65. The minimum Gasteiger partial charge on any atom is -0.384 e. The Morgan fingerprint density at radius 3 is 2.84 bits per heavy atom. The molecule has 0 saturated heterocycles. The van der Waals surface area contributed by atoms with Gasteiger partial charge in [-0.2, -0.15) is 0 Å². The molecule has 0 unspecified atom stereocenters. The summed E-state index contributed by atoms with van der Waals surface area (Å²) < 4.78 is 5.34. The van der Waals surface area contributed by atoms with Gasteiger partial charge in [0.05, 0.1) is 0 Å². The van der Waals surface area contributed by atoms with Crippen LogP contribution in [0.25, 0.3) is 0 Å². The van der Waals surface area contributed by atoms with Crippen molar-refractivity contribution in [3.8, 4) is 0 Å². The van der Waals surface area contributed by atoms with Crippen molar-refractivity contribution >= 4 is 11.7 Å². The number of nitrogen functional groups attached to an aromatic ring is 1. The maximum absolute atomic E-state index is 11.9. The zero-order valence-electron chi connectivity index (χ0n) is 11.7. The van der Waals surface area contributed by atoms with E-state index in [1.807, 2.05) is 6.92 Å². The quantitative estimate of drug-likeness (QED) is 0.702. The number of pyridine rings is 1. The molecule has 0 atom stereocenters. The molecule has 0 aliphatic heterocycles. The van der Waals surface area contributed by atoms with Crippen molar-refractivity contribution in [1.82, 2.24) is 10.3 Å². The summed E-state index contributed by atoms with van der Waals surface area (Å²) in [6, 6.07) is 3.38. The maximum atomic E-state index is 11.9. The number of rotatable bonds is 8. The largest absolute Gasteiger partial charge is 0.384 e. The van der Waals surface area contributed by atoms with Crippen molar-refractivity contribution in [3.63, 3.8) is 0 Å². The Morgan fingerprint density at radius 2 is 2.16 bits per heavy atom. The van der Waals surface area contributed by atoms with Crippen LogP contribution in [0.15, 0.2) is 12.1 Å². The zero-order valence-corrected chi connectivity index (χ0v) is 11.7. The smallest absolute Gasteiger partial charge is 0.251 e. The minimum absolute atomic E-state index is 0.112. The first kappa shape index (κ1) is 15.4. The molecule has 1 amide bonds. The Labute approximate surface area is 114 Å². The molecule has 0 radical (unpaired) electrons. The van der Waals surface area contributed by atoms with Crippen molar-refractivity contribution in [1.29, 1.82) is 0 Å². The van der Waals surface area contributed by atoms with Crippen LogP contribution in [0, 0.1) is 0 Å². The summed E-state index contributed by atoms with van der Waals surface area (Å²) in [4.78, 5) is 16.1. The highest BCUT2D eigenvalue weighted by Gasteiger charge is 2.07. The van der Waals surface area contributed by atoms with Crippen LogP contribution in [0.5, 0.6) is 0 Å². The third-order valence-electron chi connectivity index (χ3n) is 2.62. The molecular formula is C14H23N3O2. The Kier molecular flexibility index (Phi) is 6.89. The van der Waals surface area contributed by atoms with Gasteiger partial charge in [0.2, 0.25) is 0 Å². The molecule has 106 valence electrons. The molecule has 0 aliphatic rings.